The number of rotatable bonds is 5. The van der Waals surface area contributed by atoms with Crippen LogP contribution in [0.25, 0.3) is 0 Å². The molecule has 1 N–H and O–H groups in total. The average Bonchev–Trinajstić information content (AvgIpc) is 2.58. The largest absolute Gasteiger partial charge is 0.455 e. The van der Waals surface area contributed by atoms with Crippen molar-refractivity contribution in [3.8, 4) is 11.5 Å². The van der Waals surface area contributed by atoms with Crippen LogP contribution in [0, 0.1) is 6.92 Å². The summed E-state index contributed by atoms with van der Waals surface area (Å²) in [6.45, 7) is 5.26. The molecule has 0 spiro atoms. The molecule has 1 aliphatic rings. The molecule has 0 bridgehead atoms. The quantitative estimate of drug-likeness (QED) is 0.907. The fraction of sp³-hybridized carbons (Fsp3) is 0.350. The molecule has 4 heteroatoms. The van der Waals surface area contributed by atoms with E-state index in [1.165, 1.54) is 0 Å². The Morgan fingerprint density at radius 1 is 1.21 bits per heavy atom. The molecule has 0 saturated carbocycles. The summed E-state index contributed by atoms with van der Waals surface area (Å²) < 4.78 is 6.07. The Morgan fingerprint density at radius 2 is 2.04 bits per heavy atom. The van der Waals surface area contributed by atoms with Gasteiger partial charge in [-0.1, -0.05) is 37.6 Å². The van der Waals surface area contributed by atoms with Crippen LogP contribution in [-0.4, -0.2) is 25.0 Å². The van der Waals surface area contributed by atoms with Crippen LogP contribution in [-0.2, 0) is 4.79 Å². The van der Waals surface area contributed by atoms with Crippen molar-refractivity contribution in [3.05, 3.63) is 54.1 Å². The molecule has 1 aliphatic heterocycles. The molecule has 2 aromatic carbocycles. The molecular weight excluding hydrogens is 300 g/mol. The number of para-hydroxylation sites is 2. The monoisotopic (exact) mass is 324 g/mol. The number of carbonyl (C=O) groups is 1. The Balaban J connectivity index is 1.86. The summed E-state index contributed by atoms with van der Waals surface area (Å²) in [5, 5.41) is 3.31. The summed E-state index contributed by atoms with van der Waals surface area (Å²) in [5.41, 5.74) is 1.98. The number of anilines is 1. The van der Waals surface area contributed by atoms with E-state index in [0.717, 1.165) is 29.8 Å². The molecule has 1 fully saturated rings. The van der Waals surface area contributed by atoms with E-state index in [1.54, 1.807) is 0 Å². The lowest BCUT2D eigenvalue weighted by atomic mass is 10.1. The third-order valence-corrected chi connectivity index (χ3v) is 4.26. The predicted octanol–water partition coefficient (Wildman–Crippen LogP) is 3.89. The fourth-order valence-corrected chi connectivity index (χ4v) is 3.06. The maximum atomic E-state index is 12.4. The molecular formula is C20H24N2O2. The molecule has 1 amide bonds. The molecule has 1 atom stereocenters. The number of benzene rings is 2. The van der Waals surface area contributed by atoms with Gasteiger partial charge in [0, 0.05) is 12.6 Å². The maximum Gasteiger partial charge on any atom is 0.241 e. The fourth-order valence-electron chi connectivity index (χ4n) is 3.06. The standard InChI is InChI=1S/C20H24N2O2/c1-3-7-16-14-22(20(23)13-21-16)18-10-4-5-11-19(18)24-17-9-6-8-15(2)12-17/h4-6,8-12,16,21H,3,7,13-14H2,1-2H3/t16-/m0/s1. The van der Waals surface area contributed by atoms with Crippen molar-refractivity contribution < 1.29 is 9.53 Å². The van der Waals surface area contributed by atoms with Crippen molar-refractivity contribution in [3.63, 3.8) is 0 Å². The minimum atomic E-state index is 0.0858. The summed E-state index contributed by atoms with van der Waals surface area (Å²) >= 11 is 0. The van der Waals surface area contributed by atoms with E-state index < -0.39 is 0 Å². The molecule has 0 aromatic heterocycles. The highest BCUT2D eigenvalue weighted by Gasteiger charge is 2.27. The number of hydrogen-bond donors (Lipinski definition) is 1. The first-order valence-corrected chi connectivity index (χ1v) is 8.54. The van der Waals surface area contributed by atoms with E-state index in [1.807, 2.05) is 60.4 Å². The Kier molecular flexibility index (Phi) is 5.16. The number of amides is 1. The van der Waals surface area contributed by atoms with Crippen LogP contribution in [0.4, 0.5) is 5.69 Å². The van der Waals surface area contributed by atoms with E-state index in [9.17, 15) is 4.79 Å². The minimum Gasteiger partial charge on any atom is -0.455 e. The predicted molar refractivity (Wildman–Crippen MR) is 96.7 cm³/mol. The van der Waals surface area contributed by atoms with Gasteiger partial charge in [0.2, 0.25) is 5.91 Å². The highest BCUT2D eigenvalue weighted by Crippen LogP contribution is 2.33. The van der Waals surface area contributed by atoms with Crippen LogP contribution >= 0.6 is 0 Å². The van der Waals surface area contributed by atoms with Gasteiger partial charge < -0.3 is 15.0 Å². The molecule has 3 rings (SSSR count). The summed E-state index contributed by atoms with van der Waals surface area (Å²) in [6.07, 6.45) is 2.16. The first-order chi connectivity index (χ1) is 11.7. The smallest absolute Gasteiger partial charge is 0.241 e. The average molecular weight is 324 g/mol. The Morgan fingerprint density at radius 3 is 2.83 bits per heavy atom. The van der Waals surface area contributed by atoms with Gasteiger partial charge in [-0.2, -0.15) is 0 Å². The number of piperazine rings is 1. The van der Waals surface area contributed by atoms with Crippen LogP contribution < -0.4 is 15.0 Å². The van der Waals surface area contributed by atoms with Gasteiger partial charge in [0.05, 0.1) is 12.2 Å². The summed E-state index contributed by atoms with van der Waals surface area (Å²) in [4.78, 5) is 14.3. The molecule has 24 heavy (non-hydrogen) atoms. The zero-order valence-electron chi connectivity index (χ0n) is 14.3. The second kappa shape index (κ2) is 7.49. The van der Waals surface area contributed by atoms with Crippen molar-refractivity contribution in [2.24, 2.45) is 0 Å². The minimum absolute atomic E-state index is 0.0858. The van der Waals surface area contributed by atoms with Gasteiger partial charge in [-0.05, 0) is 43.2 Å². The van der Waals surface area contributed by atoms with E-state index >= 15 is 0 Å². The summed E-state index contributed by atoms with van der Waals surface area (Å²) in [5.74, 6) is 1.59. The zero-order chi connectivity index (χ0) is 16.9. The van der Waals surface area contributed by atoms with Crippen molar-refractivity contribution >= 4 is 11.6 Å². The summed E-state index contributed by atoms with van der Waals surface area (Å²) in [7, 11) is 0. The van der Waals surface area contributed by atoms with Crippen molar-refractivity contribution in [1.82, 2.24) is 5.32 Å². The molecule has 0 radical (unpaired) electrons. The molecule has 126 valence electrons. The third kappa shape index (κ3) is 3.77. The highest BCUT2D eigenvalue weighted by atomic mass is 16.5. The van der Waals surface area contributed by atoms with Gasteiger partial charge in [-0.15, -0.1) is 0 Å². The van der Waals surface area contributed by atoms with Crippen molar-refractivity contribution in [2.45, 2.75) is 32.7 Å². The molecule has 1 heterocycles. The SMILES string of the molecule is CCC[C@H]1CN(c2ccccc2Oc2cccc(C)c2)C(=O)CN1. The second-order valence-corrected chi connectivity index (χ2v) is 6.26. The lowest BCUT2D eigenvalue weighted by Gasteiger charge is -2.34. The summed E-state index contributed by atoms with van der Waals surface area (Å²) in [6, 6.07) is 16.0. The third-order valence-electron chi connectivity index (χ3n) is 4.26. The number of nitrogens with one attached hydrogen (secondary N) is 1. The molecule has 2 aromatic rings. The van der Waals surface area contributed by atoms with E-state index in [4.69, 9.17) is 4.74 Å². The second-order valence-electron chi connectivity index (χ2n) is 6.26. The van der Waals surface area contributed by atoms with Crippen LogP contribution in [0.2, 0.25) is 0 Å². The number of hydrogen-bond acceptors (Lipinski definition) is 3. The van der Waals surface area contributed by atoms with Gasteiger partial charge in [0.1, 0.15) is 5.75 Å². The van der Waals surface area contributed by atoms with E-state index in [2.05, 4.69) is 12.2 Å². The lowest BCUT2D eigenvalue weighted by molar-refractivity contribution is -0.119. The molecule has 0 unspecified atom stereocenters. The molecule has 1 saturated heterocycles. The van der Waals surface area contributed by atoms with E-state index in [0.29, 0.717) is 24.9 Å². The van der Waals surface area contributed by atoms with Crippen LogP contribution in [0.15, 0.2) is 48.5 Å². The van der Waals surface area contributed by atoms with Crippen LogP contribution in [0.1, 0.15) is 25.3 Å². The lowest BCUT2D eigenvalue weighted by Crippen LogP contribution is -2.54. The van der Waals surface area contributed by atoms with Crippen LogP contribution in [0.3, 0.4) is 0 Å². The van der Waals surface area contributed by atoms with Gasteiger partial charge in [-0.25, -0.2) is 0 Å². The Labute approximate surface area is 143 Å². The van der Waals surface area contributed by atoms with Crippen LogP contribution in [0.5, 0.6) is 11.5 Å². The first-order valence-electron chi connectivity index (χ1n) is 8.54. The highest BCUT2D eigenvalue weighted by molar-refractivity contribution is 5.97. The maximum absolute atomic E-state index is 12.4. The van der Waals surface area contributed by atoms with Gasteiger partial charge >= 0.3 is 0 Å². The zero-order valence-corrected chi connectivity index (χ0v) is 14.3. The van der Waals surface area contributed by atoms with Gasteiger partial charge in [-0.3, -0.25) is 4.79 Å². The topological polar surface area (TPSA) is 41.6 Å². The van der Waals surface area contributed by atoms with Crippen molar-refractivity contribution in [2.75, 3.05) is 18.0 Å². The molecule has 4 nitrogen and oxygen atoms in total. The van der Waals surface area contributed by atoms with Gasteiger partial charge in [0.25, 0.3) is 0 Å². The van der Waals surface area contributed by atoms with Crippen molar-refractivity contribution in [1.29, 1.82) is 0 Å². The molecule has 0 aliphatic carbocycles. The normalized spacial score (nSPS) is 17.8. The Hall–Kier alpha value is -2.33. The number of carbonyl (C=O) groups excluding carboxylic acids is 1. The van der Waals surface area contributed by atoms with Gasteiger partial charge in [0.15, 0.2) is 5.75 Å². The van der Waals surface area contributed by atoms with E-state index in [-0.39, 0.29) is 5.91 Å². The number of aryl methyl sites for hydroxylation is 1. The number of ether oxygens (including phenoxy) is 1. The number of nitrogens with zero attached hydrogens (tertiary/aromatic N) is 1. The Bertz CT molecular complexity index is 714. The first kappa shape index (κ1) is 16.5.